The zero-order chi connectivity index (χ0) is 16.8. The number of benzene rings is 2. The lowest BCUT2D eigenvalue weighted by Gasteiger charge is -2.07. The molecule has 2 N–H and O–H groups in total. The smallest absolute Gasteiger partial charge is 0.248 e. The van der Waals surface area contributed by atoms with E-state index in [1.807, 2.05) is 54.6 Å². The van der Waals surface area contributed by atoms with E-state index in [1.54, 1.807) is 11.0 Å². The van der Waals surface area contributed by atoms with Crippen LogP contribution in [0.15, 0.2) is 60.9 Å². The van der Waals surface area contributed by atoms with Gasteiger partial charge in [-0.25, -0.2) is 9.67 Å². The predicted molar refractivity (Wildman–Crippen MR) is 100 cm³/mol. The SMILES string of the molecule is S=C(NCc1ccccc1)Nc1ncn(Cc2cccc(Cl)c2)n1. The summed E-state index contributed by atoms with van der Waals surface area (Å²) in [5.41, 5.74) is 2.21. The number of hydrogen-bond donors (Lipinski definition) is 2. The summed E-state index contributed by atoms with van der Waals surface area (Å²) in [5.74, 6) is 0.461. The van der Waals surface area contributed by atoms with E-state index in [4.69, 9.17) is 23.8 Å². The predicted octanol–water partition coefficient (Wildman–Crippen LogP) is 3.47. The van der Waals surface area contributed by atoms with E-state index in [1.165, 1.54) is 0 Å². The number of rotatable bonds is 5. The number of nitrogens with one attached hydrogen (secondary N) is 2. The fourth-order valence-electron chi connectivity index (χ4n) is 2.17. The van der Waals surface area contributed by atoms with E-state index < -0.39 is 0 Å². The van der Waals surface area contributed by atoms with E-state index in [-0.39, 0.29) is 0 Å². The van der Waals surface area contributed by atoms with Gasteiger partial charge in [0.25, 0.3) is 0 Å². The Morgan fingerprint density at radius 1 is 1.08 bits per heavy atom. The Morgan fingerprint density at radius 3 is 2.67 bits per heavy atom. The number of halogens is 1. The van der Waals surface area contributed by atoms with Crippen LogP contribution >= 0.6 is 23.8 Å². The molecular formula is C17H16ClN5S. The number of aromatic nitrogens is 3. The topological polar surface area (TPSA) is 54.8 Å². The summed E-state index contributed by atoms with van der Waals surface area (Å²) >= 11 is 11.2. The third-order valence-corrected chi connectivity index (χ3v) is 3.77. The highest BCUT2D eigenvalue weighted by Crippen LogP contribution is 2.11. The molecule has 0 amide bonds. The third kappa shape index (κ3) is 4.78. The molecule has 7 heteroatoms. The lowest BCUT2D eigenvalue weighted by molar-refractivity contribution is 0.687. The summed E-state index contributed by atoms with van der Waals surface area (Å²) in [6.45, 7) is 1.25. The van der Waals surface area contributed by atoms with Crippen molar-refractivity contribution in [3.05, 3.63) is 77.1 Å². The van der Waals surface area contributed by atoms with Gasteiger partial charge in [-0.1, -0.05) is 54.1 Å². The fraction of sp³-hybridized carbons (Fsp3) is 0.118. The van der Waals surface area contributed by atoms with Crippen LogP contribution in [0.25, 0.3) is 0 Å². The van der Waals surface area contributed by atoms with Crippen LogP contribution in [0.4, 0.5) is 5.95 Å². The normalized spacial score (nSPS) is 10.4. The quantitative estimate of drug-likeness (QED) is 0.685. The van der Waals surface area contributed by atoms with Crippen LogP contribution in [-0.4, -0.2) is 19.9 Å². The number of hydrogen-bond acceptors (Lipinski definition) is 3. The summed E-state index contributed by atoms with van der Waals surface area (Å²) < 4.78 is 1.73. The standard InChI is InChI=1S/C17H16ClN5S/c18-15-8-4-7-14(9-15)11-23-12-20-16(22-23)21-17(24)19-10-13-5-2-1-3-6-13/h1-9,12H,10-11H2,(H2,19,21,22,24). The van der Waals surface area contributed by atoms with Crippen molar-refractivity contribution in [2.24, 2.45) is 0 Å². The van der Waals surface area contributed by atoms with Gasteiger partial charge in [0.2, 0.25) is 5.95 Å². The lowest BCUT2D eigenvalue weighted by Crippen LogP contribution is -2.28. The highest BCUT2D eigenvalue weighted by atomic mass is 35.5. The second-order valence-electron chi connectivity index (χ2n) is 5.19. The highest BCUT2D eigenvalue weighted by molar-refractivity contribution is 7.80. The van der Waals surface area contributed by atoms with Gasteiger partial charge < -0.3 is 5.32 Å². The lowest BCUT2D eigenvalue weighted by atomic mass is 10.2. The molecule has 24 heavy (non-hydrogen) atoms. The van der Waals surface area contributed by atoms with E-state index in [2.05, 4.69) is 20.7 Å². The third-order valence-electron chi connectivity index (χ3n) is 3.29. The van der Waals surface area contributed by atoms with Crippen molar-refractivity contribution in [1.29, 1.82) is 0 Å². The van der Waals surface area contributed by atoms with E-state index in [0.717, 1.165) is 11.1 Å². The summed E-state index contributed by atoms with van der Waals surface area (Å²) in [4.78, 5) is 4.21. The molecule has 2 aromatic carbocycles. The van der Waals surface area contributed by atoms with Gasteiger partial charge in [-0.05, 0) is 35.5 Å². The molecular weight excluding hydrogens is 342 g/mol. The minimum absolute atomic E-state index is 0.461. The Kier molecular flexibility index (Phi) is 5.40. The molecule has 0 atom stereocenters. The molecule has 3 rings (SSSR count). The Bertz CT molecular complexity index is 819. The van der Waals surface area contributed by atoms with Crippen LogP contribution < -0.4 is 10.6 Å². The maximum Gasteiger partial charge on any atom is 0.248 e. The summed E-state index contributed by atoms with van der Waals surface area (Å²) in [7, 11) is 0. The van der Waals surface area contributed by atoms with Gasteiger partial charge in [0.1, 0.15) is 6.33 Å². The van der Waals surface area contributed by atoms with Crippen LogP contribution in [0.5, 0.6) is 0 Å². The zero-order valence-corrected chi connectivity index (χ0v) is 14.4. The minimum atomic E-state index is 0.461. The first kappa shape index (κ1) is 16.4. The van der Waals surface area contributed by atoms with E-state index >= 15 is 0 Å². The van der Waals surface area contributed by atoms with Gasteiger partial charge in [-0.15, -0.1) is 5.10 Å². The van der Waals surface area contributed by atoms with Crippen molar-refractivity contribution >= 4 is 34.9 Å². The summed E-state index contributed by atoms with van der Waals surface area (Å²) in [5, 5.41) is 11.7. The van der Waals surface area contributed by atoms with Crippen LogP contribution in [0.1, 0.15) is 11.1 Å². The van der Waals surface area contributed by atoms with Crippen molar-refractivity contribution in [2.45, 2.75) is 13.1 Å². The summed E-state index contributed by atoms with van der Waals surface area (Å²) in [6, 6.07) is 17.7. The van der Waals surface area contributed by atoms with Gasteiger partial charge in [-0.3, -0.25) is 5.32 Å². The molecule has 0 saturated heterocycles. The average Bonchev–Trinajstić information content (AvgIpc) is 3.01. The van der Waals surface area contributed by atoms with Gasteiger partial charge >= 0.3 is 0 Å². The molecule has 5 nitrogen and oxygen atoms in total. The molecule has 1 aromatic heterocycles. The van der Waals surface area contributed by atoms with Crippen LogP contribution in [-0.2, 0) is 13.1 Å². The van der Waals surface area contributed by atoms with Crippen molar-refractivity contribution in [1.82, 2.24) is 20.1 Å². The minimum Gasteiger partial charge on any atom is -0.358 e. The molecule has 3 aromatic rings. The Balaban J connectivity index is 1.53. The van der Waals surface area contributed by atoms with Gasteiger partial charge in [0.15, 0.2) is 5.11 Å². The van der Waals surface area contributed by atoms with Crippen molar-refractivity contribution in [3.8, 4) is 0 Å². The molecule has 0 saturated carbocycles. The monoisotopic (exact) mass is 357 g/mol. The van der Waals surface area contributed by atoms with Crippen LogP contribution in [0.3, 0.4) is 0 Å². The molecule has 0 bridgehead atoms. The van der Waals surface area contributed by atoms with Gasteiger partial charge in [-0.2, -0.15) is 0 Å². The average molecular weight is 358 g/mol. The molecule has 0 aliphatic rings. The molecule has 0 radical (unpaired) electrons. The fourth-order valence-corrected chi connectivity index (χ4v) is 2.55. The molecule has 0 fully saturated rings. The Morgan fingerprint density at radius 2 is 1.88 bits per heavy atom. The van der Waals surface area contributed by atoms with Crippen LogP contribution in [0.2, 0.25) is 5.02 Å². The van der Waals surface area contributed by atoms with E-state index in [9.17, 15) is 0 Å². The first-order valence-electron chi connectivity index (χ1n) is 7.42. The molecule has 0 spiro atoms. The molecule has 0 aliphatic carbocycles. The first-order valence-corrected chi connectivity index (χ1v) is 8.20. The Labute approximate surface area is 150 Å². The van der Waals surface area contributed by atoms with Crippen molar-refractivity contribution in [3.63, 3.8) is 0 Å². The van der Waals surface area contributed by atoms with Gasteiger partial charge in [0.05, 0.1) is 6.54 Å². The maximum absolute atomic E-state index is 5.99. The zero-order valence-electron chi connectivity index (χ0n) is 12.8. The van der Waals surface area contributed by atoms with Crippen molar-refractivity contribution < 1.29 is 0 Å². The molecule has 122 valence electrons. The van der Waals surface area contributed by atoms with E-state index in [0.29, 0.717) is 29.2 Å². The second kappa shape index (κ2) is 7.90. The number of anilines is 1. The summed E-state index contributed by atoms with van der Waals surface area (Å²) in [6.07, 6.45) is 1.66. The molecule has 0 unspecified atom stereocenters. The molecule has 1 heterocycles. The molecule has 0 aliphatic heterocycles. The number of nitrogens with zero attached hydrogens (tertiary/aromatic N) is 3. The number of thiocarbonyl (C=S) groups is 1. The van der Waals surface area contributed by atoms with Crippen LogP contribution in [0, 0.1) is 0 Å². The maximum atomic E-state index is 5.99. The Hall–Kier alpha value is -2.44. The second-order valence-corrected chi connectivity index (χ2v) is 6.03. The highest BCUT2D eigenvalue weighted by Gasteiger charge is 2.04. The van der Waals surface area contributed by atoms with Gasteiger partial charge in [0, 0.05) is 11.6 Å². The first-order chi connectivity index (χ1) is 11.7. The van der Waals surface area contributed by atoms with Crippen molar-refractivity contribution in [2.75, 3.05) is 5.32 Å². The largest absolute Gasteiger partial charge is 0.358 e.